The van der Waals surface area contributed by atoms with Crippen molar-refractivity contribution in [3.63, 3.8) is 0 Å². The van der Waals surface area contributed by atoms with Crippen LogP contribution < -0.4 is 10.3 Å². The van der Waals surface area contributed by atoms with Gasteiger partial charge in [-0.05, 0) is 13.8 Å². The number of aliphatic hydroxyl groups is 2. The fourth-order valence-electron chi connectivity index (χ4n) is 2.64. The maximum Gasteiger partial charge on any atom is 0.469 e. The molecule has 1 saturated heterocycles. The summed E-state index contributed by atoms with van der Waals surface area (Å²) in [4.78, 5) is 40.2. The lowest BCUT2D eigenvalue weighted by Crippen LogP contribution is -2.33. The molecular formula is C13H19N4O9P. The quantitative estimate of drug-likeness (QED) is 0.356. The Hall–Kier alpha value is -1.86. The van der Waals surface area contributed by atoms with Gasteiger partial charge in [0, 0.05) is 0 Å². The van der Waals surface area contributed by atoms with E-state index in [1.54, 1.807) is 13.8 Å². The number of hydrogen-bond acceptors (Lipinski definition) is 9. The maximum atomic E-state index is 12.1. The number of rotatable bonds is 6. The predicted octanol–water partition coefficient (Wildman–Crippen LogP) is -1.36. The number of ether oxygens (including phenoxy) is 2. The first-order valence-electron chi connectivity index (χ1n) is 7.92. The zero-order valence-electron chi connectivity index (χ0n) is 14.3. The average Bonchev–Trinajstić information content (AvgIpc) is 3.07. The molecule has 0 aromatic carbocycles. The maximum absolute atomic E-state index is 12.1. The number of phosphoric acid groups is 1. The number of aromatic amines is 1. The first-order chi connectivity index (χ1) is 12.6. The number of H-pyrrole nitrogens is 1. The molecule has 2 aromatic rings. The van der Waals surface area contributed by atoms with Gasteiger partial charge in [0.05, 0.1) is 19.0 Å². The average molecular weight is 406 g/mol. The molecule has 150 valence electrons. The van der Waals surface area contributed by atoms with Crippen molar-refractivity contribution in [3.8, 4) is 6.01 Å². The van der Waals surface area contributed by atoms with Crippen LogP contribution in [0.15, 0.2) is 11.1 Å². The Morgan fingerprint density at radius 2 is 2.07 bits per heavy atom. The third-order valence-corrected chi connectivity index (χ3v) is 4.26. The van der Waals surface area contributed by atoms with Crippen LogP contribution in [0.1, 0.15) is 20.1 Å². The van der Waals surface area contributed by atoms with E-state index in [-0.39, 0.29) is 23.3 Å². The molecule has 14 heteroatoms. The van der Waals surface area contributed by atoms with Gasteiger partial charge < -0.3 is 29.5 Å². The summed E-state index contributed by atoms with van der Waals surface area (Å²) in [7, 11) is -4.78. The topological polar surface area (TPSA) is 189 Å². The second kappa shape index (κ2) is 7.28. The summed E-state index contributed by atoms with van der Waals surface area (Å²) in [6.45, 7) is 2.84. The number of hydrogen-bond donors (Lipinski definition) is 5. The van der Waals surface area contributed by atoms with E-state index in [0.29, 0.717) is 0 Å². The smallest absolute Gasteiger partial charge is 0.462 e. The fraction of sp³-hybridized carbons (Fsp3) is 0.615. The molecule has 0 aliphatic carbocycles. The Morgan fingerprint density at radius 1 is 1.37 bits per heavy atom. The zero-order chi connectivity index (χ0) is 19.9. The lowest BCUT2D eigenvalue weighted by molar-refractivity contribution is -0.0504. The third-order valence-electron chi connectivity index (χ3n) is 3.78. The van der Waals surface area contributed by atoms with E-state index < -0.39 is 44.5 Å². The van der Waals surface area contributed by atoms with Crippen molar-refractivity contribution in [2.45, 2.75) is 44.5 Å². The molecular weight excluding hydrogens is 387 g/mol. The van der Waals surface area contributed by atoms with Crippen molar-refractivity contribution in [3.05, 3.63) is 16.7 Å². The summed E-state index contributed by atoms with van der Waals surface area (Å²) in [5.41, 5.74) is -0.558. The van der Waals surface area contributed by atoms with Crippen LogP contribution in [0.3, 0.4) is 0 Å². The van der Waals surface area contributed by atoms with E-state index in [2.05, 4.69) is 19.5 Å². The third kappa shape index (κ3) is 4.19. The van der Waals surface area contributed by atoms with Gasteiger partial charge in [0.1, 0.15) is 18.3 Å². The van der Waals surface area contributed by atoms with Crippen molar-refractivity contribution >= 4 is 19.0 Å². The molecule has 3 heterocycles. The van der Waals surface area contributed by atoms with E-state index in [4.69, 9.17) is 19.3 Å². The molecule has 3 rings (SSSR count). The van der Waals surface area contributed by atoms with Crippen molar-refractivity contribution in [1.29, 1.82) is 0 Å². The summed E-state index contributed by atoms with van der Waals surface area (Å²) in [6.07, 6.45) is -4.47. The second-order valence-electron chi connectivity index (χ2n) is 6.19. The Morgan fingerprint density at radius 3 is 2.70 bits per heavy atom. The normalized spacial score (nSPS) is 26.2. The summed E-state index contributed by atoms with van der Waals surface area (Å²) in [5.74, 6) is 0. The number of phosphoric ester groups is 1. The fourth-order valence-corrected chi connectivity index (χ4v) is 2.98. The highest BCUT2D eigenvalue weighted by Gasteiger charge is 2.45. The van der Waals surface area contributed by atoms with Gasteiger partial charge in [-0.1, -0.05) is 0 Å². The predicted molar refractivity (Wildman–Crippen MR) is 87.8 cm³/mol. The molecule has 27 heavy (non-hydrogen) atoms. The number of aromatic nitrogens is 4. The Kier molecular flexibility index (Phi) is 5.36. The standard InChI is InChI=1S/C13H19N4O9P/c1-5(2)25-13-15-10-7(11(20)16-13)14-4-17(10)12-9(19)8(18)6(26-12)3-24-27(21,22)23/h4-6,8-9,12,18-19H,3H2,1-2H3,(H,15,16,20)(H2,21,22,23)/t6-,8-,9-,12-/m1/s1. The van der Waals surface area contributed by atoms with Crippen molar-refractivity contribution in [2.75, 3.05) is 6.61 Å². The molecule has 1 fully saturated rings. The molecule has 0 saturated carbocycles. The van der Waals surface area contributed by atoms with E-state index in [1.807, 2.05) is 0 Å². The van der Waals surface area contributed by atoms with Gasteiger partial charge in [-0.25, -0.2) is 9.55 Å². The Bertz CT molecular complexity index is 922. The van der Waals surface area contributed by atoms with Crippen molar-refractivity contribution in [2.24, 2.45) is 0 Å². The molecule has 4 atom stereocenters. The van der Waals surface area contributed by atoms with Crippen LogP contribution in [0.4, 0.5) is 0 Å². The second-order valence-corrected chi connectivity index (χ2v) is 7.43. The van der Waals surface area contributed by atoms with Gasteiger partial charge >= 0.3 is 7.82 Å². The van der Waals surface area contributed by atoms with Crippen molar-refractivity contribution < 1.29 is 38.6 Å². The highest BCUT2D eigenvalue weighted by molar-refractivity contribution is 7.46. The van der Waals surface area contributed by atoms with Gasteiger partial charge in [0.2, 0.25) is 0 Å². The van der Waals surface area contributed by atoms with Crippen molar-refractivity contribution in [1.82, 2.24) is 19.5 Å². The van der Waals surface area contributed by atoms with E-state index in [1.165, 1.54) is 10.9 Å². The molecule has 5 N–H and O–H groups in total. The van der Waals surface area contributed by atoms with Crippen LogP contribution in [0.25, 0.3) is 11.2 Å². The summed E-state index contributed by atoms with van der Waals surface area (Å²) >= 11 is 0. The molecule has 2 aromatic heterocycles. The van der Waals surface area contributed by atoms with Crippen LogP contribution in [0.2, 0.25) is 0 Å². The Labute approximate surface area is 151 Å². The molecule has 0 bridgehead atoms. The van der Waals surface area contributed by atoms with Gasteiger partial charge in [0.25, 0.3) is 11.6 Å². The minimum absolute atomic E-state index is 0.0358. The number of aliphatic hydroxyl groups excluding tert-OH is 2. The monoisotopic (exact) mass is 406 g/mol. The van der Waals surface area contributed by atoms with Crippen LogP contribution in [0.5, 0.6) is 6.01 Å². The van der Waals surface area contributed by atoms with Crippen LogP contribution in [-0.2, 0) is 13.8 Å². The first-order valence-corrected chi connectivity index (χ1v) is 9.45. The minimum atomic E-state index is -4.78. The number of nitrogens with one attached hydrogen (secondary N) is 1. The lowest BCUT2D eigenvalue weighted by Gasteiger charge is -2.17. The lowest BCUT2D eigenvalue weighted by atomic mass is 10.1. The highest BCUT2D eigenvalue weighted by Crippen LogP contribution is 2.38. The molecule has 0 radical (unpaired) electrons. The molecule has 0 spiro atoms. The van der Waals surface area contributed by atoms with Crippen LogP contribution in [-0.4, -0.2) is 70.5 Å². The summed E-state index contributed by atoms with van der Waals surface area (Å²) < 4.78 is 27.2. The van der Waals surface area contributed by atoms with Crippen LogP contribution >= 0.6 is 7.82 Å². The van der Waals surface area contributed by atoms with Gasteiger partial charge in [-0.2, -0.15) is 4.98 Å². The van der Waals surface area contributed by atoms with Gasteiger partial charge in [-0.3, -0.25) is 18.9 Å². The number of imidazole rings is 1. The van der Waals surface area contributed by atoms with E-state index >= 15 is 0 Å². The summed E-state index contributed by atoms with van der Waals surface area (Å²) in [5, 5.41) is 20.3. The molecule has 13 nitrogen and oxygen atoms in total. The van der Waals surface area contributed by atoms with E-state index in [0.717, 1.165) is 0 Å². The zero-order valence-corrected chi connectivity index (χ0v) is 15.2. The molecule has 0 amide bonds. The minimum Gasteiger partial charge on any atom is -0.462 e. The highest BCUT2D eigenvalue weighted by atomic mass is 31.2. The first kappa shape index (κ1) is 19.9. The number of nitrogens with zero attached hydrogens (tertiary/aromatic N) is 3. The van der Waals surface area contributed by atoms with Gasteiger partial charge in [0.15, 0.2) is 17.4 Å². The summed E-state index contributed by atoms with van der Waals surface area (Å²) in [6, 6.07) is -0.0568. The van der Waals surface area contributed by atoms with E-state index in [9.17, 15) is 19.6 Å². The SMILES string of the molecule is CC(C)Oc1nc2c(ncn2[C@@H]2O[C@H](COP(=O)(O)O)[C@@H](O)[C@H]2O)c(=O)[nH]1. The van der Waals surface area contributed by atoms with Gasteiger partial charge in [-0.15, -0.1) is 0 Å². The Balaban J connectivity index is 1.91. The molecule has 1 aliphatic rings. The van der Waals surface area contributed by atoms with Crippen LogP contribution in [0, 0.1) is 0 Å². The molecule has 0 unspecified atom stereocenters. The molecule has 1 aliphatic heterocycles. The number of fused-ring (bicyclic) bond motifs is 1. The largest absolute Gasteiger partial charge is 0.469 e.